The number of allylic oxidation sites excluding steroid dienone is 4. The van der Waals surface area contributed by atoms with Crippen molar-refractivity contribution in [3.63, 3.8) is 0 Å². The summed E-state index contributed by atoms with van der Waals surface area (Å²) in [6.07, 6.45) is -47.0. The molecule has 20 heteroatoms. The van der Waals surface area contributed by atoms with Crippen molar-refractivity contribution in [2.24, 2.45) is 5.41 Å². The predicted molar refractivity (Wildman–Crippen MR) is 57.8 cm³/mol. The second kappa shape index (κ2) is 6.80. The van der Waals surface area contributed by atoms with Crippen LogP contribution in [0.25, 0.3) is 0 Å². The van der Waals surface area contributed by atoms with Gasteiger partial charge in [-0.15, -0.1) is 0 Å². The van der Waals surface area contributed by atoms with Gasteiger partial charge in [-0.25, -0.2) is 8.78 Å². The lowest BCUT2D eigenvalue weighted by molar-refractivity contribution is -0.347. The van der Waals surface area contributed by atoms with Gasteiger partial charge in [0.1, 0.15) is 5.83 Å². The van der Waals surface area contributed by atoms with Crippen LogP contribution in [0.3, 0.4) is 0 Å². The van der Waals surface area contributed by atoms with Gasteiger partial charge in [0.15, 0.2) is 0 Å². The molecule has 0 saturated carbocycles. The van der Waals surface area contributed by atoms with E-state index in [9.17, 15) is 87.8 Å². The molecule has 0 saturated heterocycles. The topological polar surface area (TPSA) is 0 Å². The van der Waals surface area contributed by atoms with E-state index in [4.69, 9.17) is 0 Å². The molecule has 0 aromatic heterocycles. The van der Waals surface area contributed by atoms with Gasteiger partial charge in [-0.1, -0.05) is 0 Å². The summed E-state index contributed by atoms with van der Waals surface area (Å²) in [5.41, 5.74) is -30.8. The molecule has 0 unspecified atom stereocenters. The summed E-state index contributed by atoms with van der Waals surface area (Å²) in [4.78, 5) is 0. The number of rotatable bonds is 1. The van der Waals surface area contributed by atoms with Gasteiger partial charge in [0, 0.05) is 5.57 Å². The third kappa shape index (κ3) is 3.56. The van der Waals surface area contributed by atoms with Gasteiger partial charge in [-0.3, -0.25) is 0 Å². The van der Waals surface area contributed by atoms with Crippen LogP contribution in [0.4, 0.5) is 87.8 Å². The minimum Gasteiger partial charge on any atom is -0.218 e. The molecule has 0 bridgehead atoms. The monoisotopic (exact) mass is 524 g/mol. The molecule has 0 radical (unpaired) electrons. The number of halogens is 20. The second-order valence-corrected chi connectivity index (χ2v) is 5.83. The van der Waals surface area contributed by atoms with Crippen LogP contribution in [0.1, 0.15) is 0 Å². The fourth-order valence-corrected chi connectivity index (χ4v) is 2.83. The van der Waals surface area contributed by atoms with Gasteiger partial charge in [0.2, 0.25) is 5.41 Å². The first-order chi connectivity index (χ1) is 13.5. The molecule has 1 rings (SSSR count). The number of alkyl halides is 19. The van der Waals surface area contributed by atoms with Gasteiger partial charge >= 0.3 is 42.7 Å². The fraction of sp³-hybridized carbons (Fsp3) is 0.667. The lowest BCUT2D eigenvalue weighted by Crippen LogP contribution is -2.65. The molecule has 0 heterocycles. The summed E-state index contributed by atoms with van der Waals surface area (Å²) in [6, 6.07) is 0. The van der Waals surface area contributed by atoms with E-state index < -0.39 is 70.7 Å². The van der Waals surface area contributed by atoms with Gasteiger partial charge in [-0.05, 0) is 0 Å². The van der Waals surface area contributed by atoms with Crippen molar-refractivity contribution in [1.29, 1.82) is 0 Å². The van der Waals surface area contributed by atoms with Crippen molar-refractivity contribution in [2.45, 2.75) is 42.7 Å². The highest BCUT2D eigenvalue weighted by atomic mass is 19.4. The first-order valence-electron chi connectivity index (χ1n) is 6.78. The summed E-state index contributed by atoms with van der Waals surface area (Å²) >= 11 is 0. The molecule has 0 spiro atoms. The maximum Gasteiger partial charge on any atom is 0.435 e. The smallest absolute Gasteiger partial charge is 0.218 e. The average molecular weight is 524 g/mol. The maximum atomic E-state index is 13.9. The lowest BCUT2D eigenvalue weighted by Gasteiger charge is -2.49. The SMILES string of the molecule is FC1=C(C(F)(F)F)C(C(F)(F)F)(C(F)(F)F)/C1=C(/C(F)(F)F)C(F)(C(F)(F)F)C(F)(F)F. The lowest BCUT2D eigenvalue weighted by atomic mass is 9.59. The average Bonchev–Trinajstić information content (AvgIpc) is 2.40. The van der Waals surface area contributed by atoms with Crippen LogP contribution in [-0.2, 0) is 0 Å². The van der Waals surface area contributed by atoms with E-state index in [1.54, 1.807) is 0 Å². The van der Waals surface area contributed by atoms with Crippen LogP contribution in [0.15, 0.2) is 22.5 Å². The summed E-state index contributed by atoms with van der Waals surface area (Å²) < 4.78 is 259. The molecule has 0 atom stereocenters. The van der Waals surface area contributed by atoms with Gasteiger partial charge in [-0.2, -0.15) is 79.0 Å². The zero-order valence-electron chi connectivity index (χ0n) is 13.6. The van der Waals surface area contributed by atoms with E-state index in [0.29, 0.717) is 0 Å². The molecular formula is C12F20. The van der Waals surface area contributed by atoms with E-state index in [-0.39, 0.29) is 0 Å². The summed E-state index contributed by atoms with van der Waals surface area (Å²) in [7, 11) is 0. The van der Waals surface area contributed by atoms with E-state index in [1.807, 2.05) is 0 Å². The molecule has 0 aliphatic heterocycles. The summed E-state index contributed by atoms with van der Waals surface area (Å²) in [5.74, 6) is -4.46. The molecule has 0 N–H and O–H groups in total. The molecule has 0 aromatic rings. The Balaban J connectivity index is 4.64. The first-order valence-corrected chi connectivity index (χ1v) is 6.78. The van der Waals surface area contributed by atoms with Crippen molar-refractivity contribution in [1.82, 2.24) is 0 Å². The molecule has 188 valence electrons. The zero-order chi connectivity index (χ0) is 26.3. The van der Waals surface area contributed by atoms with E-state index in [1.165, 1.54) is 0 Å². The highest BCUT2D eigenvalue weighted by Gasteiger charge is 2.88. The third-order valence-corrected chi connectivity index (χ3v) is 3.98. The minimum absolute atomic E-state index is 4.46. The Kier molecular flexibility index (Phi) is 5.97. The van der Waals surface area contributed by atoms with Crippen molar-refractivity contribution in [3.8, 4) is 0 Å². The Bertz CT molecular complexity index is 784. The molecule has 0 amide bonds. The van der Waals surface area contributed by atoms with Crippen LogP contribution < -0.4 is 0 Å². The highest BCUT2D eigenvalue weighted by Crippen LogP contribution is 2.74. The Hall–Kier alpha value is -1.92. The Morgan fingerprint density at radius 2 is 0.844 bits per heavy atom. The largest absolute Gasteiger partial charge is 0.435 e. The third-order valence-electron chi connectivity index (χ3n) is 3.98. The normalized spacial score (nSPS) is 21.0. The maximum absolute atomic E-state index is 13.9. The Morgan fingerprint density at radius 3 is 1.03 bits per heavy atom. The summed E-state index contributed by atoms with van der Waals surface area (Å²) in [6.45, 7) is 0. The fourth-order valence-electron chi connectivity index (χ4n) is 2.83. The van der Waals surface area contributed by atoms with Crippen LogP contribution in [0.5, 0.6) is 0 Å². The van der Waals surface area contributed by atoms with Gasteiger partial charge in [0.25, 0.3) is 0 Å². The molecule has 1 aliphatic rings. The van der Waals surface area contributed by atoms with Gasteiger partial charge in [0.05, 0.1) is 11.1 Å². The van der Waals surface area contributed by atoms with Crippen LogP contribution >= 0.6 is 0 Å². The Labute approximate surface area is 160 Å². The summed E-state index contributed by atoms with van der Waals surface area (Å²) in [5, 5.41) is 0. The van der Waals surface area contributed by atoms with Gasteiger partial charge < -0.3 is 0 Å². The molecule has 32 heavy (non-hydrogen) atoms. The van der Waals surface area contributed by atoms with Crippen molar-refractivity contribution in [3.05, 3.63) is 22.5 Å². The number of hydrogen-bond donors (Lipinski definition) is 0. The highest BCUT2D eigenvalue weighted by molar-refractivity contribution is 5.63. The van der Waals surface area contributed by atoms with Crippen LogP contribution in [-0.4, -0.2) is 42.7 Å². The minimum atomic E-state index is -8.20. The Morgan fingerprint density at radius 1 is 0.531 bits per heavy atom. The molecule has 0 aromatic carbocycles. The molecule has 0 nitrogen and oxygen atoms in total. The van der Waals surface area contributed by atoms with Crippen molar-refractivity contribution < 1.29 is 87.8 Å². The van der Waals surface area contributed by atoms with Crippen molar-refractivity contribution in [2.75, 3.05) is 0 Å². The van der Waals surface area contributed by atoms with E-state index >= 15 is 0 Å². The molecule has 1 aliphatic carbocycles. The molecule has 0 fully saturated rings. The van der Waals surface area contributed by atoms with E-state index in [0.717, 1.165) is 0 Å². The van der Waals surface area contributed by atoms with Crippen LogP contribution in [0.2, 0.25) is 0 Å². The quantitative estimate of drug-likeness (QED) is 0.311. The molecular weight excluding hydrogens is 524 g/mol. The van der Waals surface area contributed by atoms with E-state index in [2.05, 4.69) is 0 Å². The number of hydrogen-bond acceptors (Lipinski definition) is 0. The van der Waals surface area contributed by atoms with Crippen LogP contribution in [0, 0.1) is 5.41 Å². The zero-order valence-corrected chi connectivity index (χ0v) is 13.6. The second-order valence-electron chi connectivity index (χ2n) is 5.83. The first kappa shape index (κ1) is 28.1. The standard InChI is InChI=1S/C12F20/c13-2-1(3(7(15,16)17)6(14,11(27,28)29)12(30,31)32)5(9(21,22)23,10(24,25)26)4(2)8(18,19)20/b3-1+. The predicted octanol–water partition coefficient (Wildman–Crippen LogP) is 7.59. The van der Waals surface area contributed by atoms with Crippen molar-refractivity contribution >= 4 is 0 Å².